The van der Waals surface area contributed by atoms with Crippen LogP contribution in [0.4, 0.5) is 0 Å². The maximum Gasteiger partial charge on any atom is 0.246 e. The highest BCUT2D eigenvalue weighted by Gasteiger charge is 2.14. The number of nitrogens with one attached hydrogen (secondary N) is 3. The van der Waals surface area contributed by atoms with Crippen LogP contribution in [0, 0.1) is 0 Å². The Labute approximate surface area is 249 Å². The fourth-order valence-corrected chi connectivity index (χ4v) is 3.91. The average molecular weight is 625 g/mol. The van der Waals surface area contributed by atoms with E-state index in [1.807, 2.05) is 0 Å². The van der Waals surface area contributed by atoms with Crippen LogP contribution in [0.3, 0.4) is 0 Å². The van der Waals surface area contributed by atoms with Crippen LogP contribution in [0.25, 0.3) is 0 Å². The van der Waals surface area contributed by atoms with E-state index in [0.717, 1.165) is 0 Å². The zero-order valence-electron chi connectivity index (χ0n) is 24.4. The number of amides is 5. The summed E-state index contributed by atoms with van der Waals surface area (Å²) in [5.74, 6) is -2.20. The minimum atomic E-state index is -2.06. The molecule has 7 N–H and O–H groups in total. The molecule has 0 bridgehead atoms. The third-order valence-corrected chi connectivity index (χ3v) is 6.53. The van der Waals surface area contributed by atoms with Crippen molar-refractivity contribution in [1.29, 1.82) is 0 Å². The fourth-order valence-electron chi connectivity index (χ4n) is 3.59. The summed E-state index contributed by atoms with van der Waals surface area (Å²) in [7, 11) is 0. The van der Waals surface area contributed by atoms with Gasteiger partial charge in [-0.3, -0.25) is 44.1 Å². The van der Waals surface area contributed by atoms with Crippen molar-refractivity contribution in [3.05, 3.63) is 0 Å². The van der Waals surface area contributed by atoms with E-state index in [-0.39, 0.29) is 57.1 Å². The Bertz CT molecular complexity index is 851. The molecule has 17 heteroatoms. The third-order valence-electron chi connectivity index (χ3n) is 6.08. The van der Waals surface area contributed by atoms with Crippen LogP contribution in [-0.4, -0.2) is 108 Å². The van der Waals surface area contributed by atoms with E-state index in [2.05, 4.69) is 15.4 Å². The highest BCUT2D eigenvalue weighted by atomic mass is 32.2. The summed E-state index contributed by atoms with van der Waals surface area (Å²) in [4.78, 5) is 58.6. The third kappa shape index (κ3) is 22.9. The van der Waals surface area contributed by atoms with E-state index < -0.39 is 29.0 Å². The molecule has 0 saturated heterocycles. The second-order valence-electron chi connectivity index (χ2n) is 9.70. The monoisotopic (exact) mass is 624 g/mol. The van der Waals surface area contributed by atoms with Gasteiger partial charge in [0.05, 0.1) is 0 Å². The summed E-state index contributed by atoms with van der Waals surface area (Å²) < 4.78 is 21.4. The van der Waals surface area contributed by atoms with Crippen molar-refractivity contribution < 1.29 is 48.4 Å². The van der Waals surface area contributed by atoms with E-state index in [1.54, 1.807) is 0 Å². The molecule has 0 aromatic carbocycles. The van der Waals surface area contributed by atoms with E-state index in [9.17, 15) is 43.8 Å². The molecule has 0 aromatic rings. The molecule has 1 unspecified atom stereocenters. The van der Waals surface area contributed by atoms with Crippen LogP contribution in [0.1, 0.15) is 90.4 Å². The lowest BCUT2D eigenvalue weighted by molar-refractivity contribution is -0.166. The highest BCUT2D eigenvalue weighted by molar-refractivity contribution is 7.77. The molecule has 0 aliphatic carbocycles. The van der Waals surface area contributed by atoms with Gasteiger partial charge in [-0.1, -0.05) is 6.42 Å². The van der Waals surface area contributed by atoms with E-state index in [1.165, 1.54) is 6.92 Å². The van der Waals surface area contributed by atoms with Gasteiger partial charge in [0.15, 0.2) is 0 Å². The molecule has 0 spiro atoms. The predicted molar refractivity (Wildman–Crippen MR) is 151 cm³/mol. The normalized spacial score (nSPS) is 11.5. The van der Waals surface area contributed by atoms with Gasteiger partial charge in [-0.25, -0.2) is 24.1 Å². The zero-order chi connectivity index (χ0) is 31.8. The van der Waals surface area contributed by atoms with E-state index >= 15 is 0 Å². The largest absolute Gasteiger partial charge is 0.356 e. The molecule has 0 rings (SSSR count). The quantitative estimate of drug-likeness (QED) is 0.0325. The van der Waals surface area contributed by atoms with Gasteiger partial charge in [0.25, 0.3) is 0 Å². The molecule has 0 aromatic heterocycles. The van der Waals surface area contributed by atoms with E-state index in [0.29, 0.717) is 92.6 Å². The highest BCUT2D eigenvalue weighted by Crippen LogP contribution is 2.03. The summed E-state index contributed by atoms with van der Waals surface area (Å²) in [6, 6.07) is 0. The van der Waals surface area contributed by atoms with Gasteiger partial charge >= 0.3 is 0 Å². The molecular weight excluding hydrogens is 576 g/mol. The van der Waals surface area contributed by atoms with Crippen LogP contribution in [-0.2, 0) is 35.2 Å². The van der Waals surface area contributed by atoms with Gasteiger partial charge in [-0.15, -0.1) is 0 Å². The number of rotatable bonds is 25. The number of nitrogens with zero attached hydrogens (tertiary/aromatic N) is 3. The van der Waals surface area contributed by atoms with Crippen molar-refractivity contribution in [1.82, 2.24) is 30.5 Å². The number of carbonyl (C=O) groups excluding carboxylic acids is 5. The molecule has 0 aliphatic rings. The molecule has 5 amide bonds. The number of carbonyl (C=O) groups is 5. The SMILES string of the molecule is CC(=O)N(O)CCCCCNC(=O)CCC(=O)N(O)CCCCCNC(=O)CCC(=O)N(O)CCCCCNS(=O)O. The molecule has 16 nitrogen and oxygen atoms in total. The van der Waals surface area contributed by atoms with Gasteiger partial charge in [-0.2, -0.15) is 0 Å². The molecule has 0 aliphatic heterocycles. The predicted octanol–water partition coefficient (Wildman–Crippen LogP) is 0.690. The molecule has 0 radical (unpaired) electrons. The lowest BCUT2D eigenvalue weighted by Gasteiger charge is -2.15. The number of unbranched alkanes of at least 4 members (excludes halogenated alkanes) is 6. The van der Waals surface area contributed by atoms with Gasteiger partial charge in [0.1, 0.15) is 0 Å². The fraction of sp³-hybridized carbons (Fsp3) is 0.800. The summed E-state index contributed by atoms with van der Waals surface area (Å²) in [6.45, 7) is 2.81. The van der Waals surface area contributed by atoms with Crippen molar-refractivity contribution >= 4 is 40.8 Å². The maximum absolute atomic E-state index is 12.0. The lowest BCUT2D eigenvalue weighted by atomic mass is 10.2. The van der Waals surface area contributed by atoms with Crippen molar-refractivity contribution in [3.8, 4) is 0 Å². The second kappa shape index (κ2) is 24.9. The Morgan fingerprint density at radius 3 is 1.33 bits per heavy atom. The Morgan fingerprint density at radius 2 is 0.952 bits per heavy atom. The topological polar surface area (TPSA) is 229 Å². The standard InChI is InChI=1S/C25H48N6O10S/c1-21(32)29(37)18-8-2-5-15-26-22(33)11-13-24(35)30(38)19-9-3-6-16-27-23(34)12-14-25(36)31(39)20-10-4-7-17-28-42(40)41/h28,37-39H,2-20H2,1H3,(H,26,33)(H,27,34)(H,40,41). The summed E-state index contributed by atoms with van der Waals surface area (Å²) in [5, 5.41) is 36.0. The first-order valence-electron chi connectivity index (χ1n) is 14.3. The van der Waals surface area contributed by atoms with E-state index in [4.69, 9.17) is 4.55 Å². The van der Waals surface area contributed by atoms with Gasteiger partial charge in [-0.05, 0) is 51.4 Å². The second-order valence-corrected chi connectivity index (χ2v) is 10.5. The van der Waals surface area contributed by atoms with Crippen molar-refractivity contribution in [2.75, 3.05) is 39.3 Å². The number of hydrogen-bond acceptors (Lipinski definition) is 9. The molecule has 0 saturated carbocycles. The van der Waals surface area contributed by atoms with Crippen LogP contribution >= 0.6 is 0 Å². The molecule has 0 fully saturated rings. The smallest absolute Gasteiger partial charge is 0.246 e. The van der Waals surface area contributed by atoms with Crippen molar-refractivity contribution in [2.24, 2.45) is 0 Å². The van der Waals surface area contributed by atoms with Crippen LogP contribution < -0.4 is 15.4 Å². The van der Waals surface area contributed by atoms with Gasteiger partial charge in [0, 0.05) is 71.9 Å². The Balaban J connectivity index is 3.76. The van der Waals surface area contributed by atoms with Gasteiger partial charge in [0.2, 0.25) is 40.8 Å². The average Bonchev–Trinajstić information content (AvgIpc) is 2.94. The Morgan fingerprint density at radius 1 is 0.571 bits per heavy atom. The first-order chi connectivity index (χ1) is 19.9. The zero-order valence-corrected chi connectivity index (χ0v) is 25.2. The molecule has 42 heavy (non-hydrogen) atoms. The van der Waals surface area contributed by atoms with Crippen LogP contribution in [0.2, 0.25) is 0 Å². The Hall–Kier alpha value is -2.70. The number of hydrogen-bond donors (Lipinski definition) is 7. The summed E-state index contributed by atoms with van der Waals surface area (Å²) >= 11 is -2.06. The lowest BCUT2D eigenvalue weighted by Crippen LogP contribution is -2.31. The Kier molecular flexibility index (Phi) is 23.3. The molecular formula is C25H48N6O10S. The minimum Gasteiger partial charge on any atom is -0.356 e. The minimum absolute atomic E-state index is 0.0551. The maximum atomic E-state index is 12.0. The van der Waals surface area contributed by atoms with Crippen LogP contribution in [0.5, 0.6) is 0 Å². The van der Waals surface area contributed by atoms with Crippen molar-refractivity contribution in [2.45, 2.75) is 90.4 Å². The van der Waals surface area contributed by atoms with Crippen LogP contribution in [0.15, 0.2) is 0 Å². The summed E-state index contributed by atoms with van der Waals surface area (Å²) in [6.07, 6.45) is 5.05. The van der Waals surface area contributed by atoms with Crippen molar-refractivity contribution in [3.63, 3.8) is 0 Å². The molecule has 1 atom stereocenters. The first kappa shape index (κ1) is 39.3. The first-order valence-corrected chi connectivity index (χ1v) is 15.4. The van der Waals surface area contributed by atoms with Gasteiger partial charge < -0.3 is 10.6 Å². The molecule has 244 valence electrons. The summed E-state index contributed by atoms with van der Waals surface area (Å²) in [5.41, 5.74) is 0. The number of hydroxylamine groups is 6. The molecule has 0 heterocycles.